The molecule has 5 aromatic rings. The second-order valence-corrected chi connectivity index (χ2v) is 17.6. The van der Waals surface area contributed by atoms with Crippen molar-refractivity contribution in [1.82, 2.24) is 0 Å². The number of amides is 2. The molecule has 7 N–H and O–H groups in total. The minimum Gasteiger partial charge on any atom is -0.494 e. The van der Waals surface area contributed by atoms with Crippen molar-refractivity contribution in [3.63, 3.8) is 0 Å². The Balaban J connectivity index is 1.30. The molecule has 0 fully saturated rings. The third-order valence-corrected chi connectivity index (χ3v) is 11.5. The van der Waals surface area contributed by atoms with Crippen molar-refractivity contribution < 1.29 is 58.1 Å². The largest absolute Gasteiger partial charge is 0.494 e. The van der Waals surface area contributed by atoms with Crippen LogP contribution in [0.25, 0.3) is 0 Å². The zero-order valence-corrected chi connectivity index (χ0v) is 36.2. The van der Waals surface area contributed by atoms with E-state index in [1.807, 2.05) is 0 Å². The van der Waals surface area contributed by atoms with E-state index in [0.717, 1.165) is 24.3 Å². The Hall–Kier alpha value is -7.10. The number of hydrogen-bond donors (Lipinski definition) is 7. The second kappa shape index (κ2) is 18.5. The van der Waals surface area contributed by atoms with E-state index in [4.69, 9.17) is 9.47 Å². The number of carbonyl (C=O) groups is 1. The highest BCUT2D eigenvalue weighted by Crippen LogP contribution is 2.38. The molecule has 0 saturated carbocycles. The maximum absolute atomic E-state index is 13.3. The van der Waals surface area contributed by atoms with E-state index in [-0.39, 0.29) is 34.2 Å². The summed E-state index contributed by atoms with van der Waals surface area (Å²) in [6.45, 7) is 6.79. The number of nitrogens with zero attached hydrogens (tertiary/aromatic N) is 5. The molecule has 0 radical (unpaired) electrons. The number of hydrazine groups is 1. The number of nitrogens with one attached hydrogen (secondary N) is 4. The fourth-order valence-electron chi connectivity index (χ4n) is 5.65. The summed E-state index contributed by atoms with van der Waals surface area (Å²) in [5, 5.41) is 33.3. The maximum atomic E-state index is 13.3. The van der Waals surface area contributed by atoms with Crippen molar-refractivity contribution in [3.05, 3.63) is 105 Å². The molecular weight excluding hydrogens is 891 g/mol. The highest BCUT2D eigenvalue weighted by molar-refractivity contribution is 7.87. The van der Waals surface area contributed by atoms with Gasteiger partial charge in [0.15, 0.2) is 0 Å². The molecule has 5 aromatic carbocycles. The first-order valence-corrected chi connectivity index (χ1v) is 22.0. The van der Waals surface area contributed by atoms with Crippen molar-refractivity contribution >= 4 is 87.6 Å². The van der Waals surface area contributed by atoms with Gasteiger partial charge in [0.25, 0.3) is 36.0 Å². The lowest BCUT2D eigenvalue weighted by molar-refractivity contribution is -0.385. The van der Waals surface area contributed by atoms with E-state index in [1.165, 1.54) is 26.4 Å². The average Bonchev–Trinajstić information content (AvgIpc) is 3.19. The maximum Gasteiger partial charge on any atom is 0.323 e. The standard InChI is InChI=1S/C37H37N9O14S3/c1-19-12-28(20(2)11-27(19)42-40-25-9-7-23(46(48)49)15-35(25)62(53,54)55)43-45-30-18-34(60-6)32(14-22(30)4)39-37(47)38-31-13-21(3)29(17-33(31)59-5)44-41-26-10-8-24(61(50,51)52)16-36(26)63(56,57)58/h7-18,41,44H,1-6H3,(H2,38,39,47)(H,50,51,52)(H,53,54,55)(H,56,57,58). The number of hydrogen-bond acceptors (Lipinski definition) is 17. The second-order valence-electron chi connectivity index (χ2n) is 13.4. The van der Waals surface area contributed by atoms with Crippen molar-refractivity contribution in [2.24, 2.45) is 20.5 Å². The fraction of sp³-hybridized carbons (Fsp3) is 0.162. The van der Waals surface area contributed by atoms with E-state index in [9.17, 15) is 53.8 Å². The number of nitro groups is 1. The number of benzene rings is 5. The molecule has 2 amide bonds. The van der Waals surface area contributed by atoms with E-state index in [0.29, 0.717) is 57.1 Å². The molecular formula is C37H37N9O14S3. The molecule has 0 unspecified atom stereocenters. The molecule has 332 valence electrons. The van der Waals surface area contributed by atoms with Crippen molar-refractivity contribution in [3.8, 4) is 11.5 Å². The smallest absolute Gasteiger partial charge is 0.323 e. The summed E-state index contributed by atoms with van der Waals surface area (Å²) in [4.78, 5) is 21.2. The Morgan fingerprint density at radius 3 is 1.54 bits per heavy atom. The minimum absolute atomic E-state index is 0.160. The van der Waals surface area contributed by atoms with Crippen molar-refractivity contribution in [1.29, 1.82) is 0 Å². The number of azo groups is 2. The zero-order valence-electron chi connectivity index (χ0n) is 33.7. The van der Waals surface area contributed by atoms with Gasteiger partial charge in [-0.3, -0.25) is 29.2 Å². The number of aryl methyl sites for hydroxylation is 4. The van der Waals surface area contributed by atoms with Gasteiger partial charge in [-0.25, -0.2) is 4.79 Å². The number of rotatable bonds is 15. The number of carbonyl (C=O) groups excluding carboxylic acids is 1. The van der Waals surface area contributed by atoms with Crippen LogP contribution in [0.1, 0.15) is 22.3 Å². The summed E-state index contributed by atoms with van der Waals surface area (Å²) in [6, 6.07) is 14.0. The van der Waals surface area contributed by atoms with E-state index in [2.05, 4.69) is 41.9 Å². The monoisotopic (exact) mass is 927 g/mol. The third-order valence-electron chi connectivity index (χ3n) is 8.90. The first kappa shape index (κ1) is 47.0. The van der Waals surface area contributed by atoms with Gasteiger partial charge >= 0.3 is 6.03 Å². The van der Waals surface area contributed by atoms with Gasteiger partial charge in [0, 0.05) is 24.3 Å². The van der Waals surface area contributed by atoms with Gasteiger partial charge in [0.05, 0.1) is 63.9 Å². The van der Waals surface area contributed by atoms with Crippen LogP contribution in [0.15, 0.2) is 108 Å². The third kappa shape index (κ3) is 11.4. The Morgan fingerprint density at radius 2 is 1.03 bits per heavy atom. The summed E-state index contributed by atoms with van der Waals surface area (Å²) < 4.78 is 110. The lowest BCUT2D eigenvalue weighted by Gasteiger charge is -2.18. The Bertz CT molecular complexity index is 3070. The number of ether oxygens (including phenoxy) is 2. The summed E-state index contributed by atoms with van der Waals surface area (Å²) in [6.07, 6.45) is 0. The molecule has 0 heterocycles. The van der Waals surface area contributed by atoms with Gasteiger partial charge in [-0.15, -0.1) is 5.11 Å². The van der Waals surface area contributed by atoms with Gasteiger partial charge in [0.2, 0.25) is 0 Å². The molecule has 0 aromatic heterocycles. The molecule has 0 saturated heterocycles. The Morgan fingerprint density at radius 1 is 0.556 bits per heavy atom. The molecule has 0 aliphatic carbocycles. The number of urea groups is 1. The first-order chi connectivity index (χ1) is 29.4. The van der Waals surface area contributed by atoms with Crippen LogP contribution in [0.2, 0.25) is 0 Å². The average molecular weight is 928 g/mol. The number of nitro benzene ring substituents is 1. The summed E-state index contributed by atoms with van der Waals surface area (Å²) in [5.41, 5.74) is 8.41. The van der Waals surface area contributed by atoms with Crippen molar-refractivity contribution in [2.75, 3.05) is 35.7 Å². The van der Waals surface area contributed by atoms with E-state index < -0.39 is 61.7 Å². The van der Waals surface area contributed by atoms with Crippen LogP contribution < -0.4 is 31.0 Å². The predicted octanol–water partition coefficient (Wildman–Crippen LogP) is 8.50. The van der Waals surface area contributed by atoms with Crippen LogP contribution in [-0.2, 0) is 30.4 Å². The van der Waals surface area contributed by atoms with Crippen LogP contribution >= 0.6 is 0 Å². The molecule has 0 aliphatic rings. The Labute approximate surface area is 359 Å². The van der Waals surface area contributed by atoms with Crippen LogP contribution in [0.3, 0.4) is 0 Å². The van der Waals surface area contributed by atoms with Crippen LogP contribution in [0.5, 0.6) is 11.5 Å². The molecule has 5 rings (SSSR count). The molecule has 26 heteroatoms. The predicted molar refractivity (Wildman–Crippen MR) is 229 cm³/mol. The summed E-state index contributed by atoms with van der Waals surface area (Å²) in [5.74, 6) is 0.389. The molecule has 0 aliphatic heterocycles. The quantitative estimate of drug-likeness (QED) is 0.0224. The lowest BCUT2D eigenvalue weighted by Crippen LogP contribution is -2.20. The number of methoxy groups -OCH3 is 2. The number of non-ortho nitro benzene ring substituents is 1. The highest BCUT2D eigenvalue weighted by atomic mass is 32.2. The Kier molecular flexibility index (Phi) is 13.8. The molecule has 0 atom stereocenters. The fourth-order valence-corrected chi connectivity index (χ4v) is 7.55. The number of anilines is 4. The van der Waals surface area contributed by atoms with E-state index in [1.54, 1.807) is 52.0 Å². The summed E-state index contributed by atoms with van der Waals surface area (Å²) in [7, 11) is -11.9. The summed E-state index contributed by atoms with van der Waals surface area (Å²) >= 11 is 0. The van der Waals surface area contributed by atoms with Crippen LogP contribution in [0.4, 0.5) is 56.0 Å². The molecule has 0 spiro atoms. The highest BCUT2D eigenvalue weighted by Gasteiger charge is 2.23. The molecule has 23 nitrogen and oxygen atoms in total. The zero-order chi connectivity index (χ0) is 46.6. The minimum atomic E-state index is -4.95. The SMILES string of the molecule is COc1cc(N=Nc2cc(C)c(N=Nc3ccc([N+](=O)[O-])cc3S(=O)(=O)O)cc2C)c(C)cc1NC(=O)Nc1cc(C)c(NNc2ccc(S(=O)(=O)O)cc2S(=O)(=O)O)cc1OC. The topological polar surface area (TPSA) is 339 Å². The van der Waals surface area contributed by atoms with Gasteiger partial charge < -0.3 is 25.5 Å². The van der Waals surface area contributed by atoms with Gasteiger partial charge in [0.1, 0.15) is 27.0 Å². The first-order valence-electron chi connectivity index (χ1n) is 17.7. The van der Waals surface area contributed by atoms with Crippen LogP contribution in [-0.4, -0.2) is 64.1 Å². The molecule has 0 bridgehead atoms. The van der Waals surface area contributed by atoms with Gasteiger partial charge in [-0.2, -0.15) is 40.6 Å². The van der Waals surface area contributed by atoms with Crippen LogP contribution in [0, 0.1) is 37.8 Å². The van der Waals surface area contributed by atoms with Gasteiger partial charge in [-0.05, 0) is 98.5 Å². The van der Waals surface area contributed by atoms with Gasteiger partial charge in [-0.1, -0.05) is 0 Å². The normalized spacial score (nSPS) is 12.0. The van der Waals surface area contributed by atoms with Crippen molar-refractivity contribution in [2.45, 2.75) is 42.4 Å². The lowest BCUT2D eigenvalue weighted by atomic mass is 10.1. The molecule has 63 heavy (non-hydrogen) atoms. The van der Waals surface area contributed by atoms with E-state index >= 15 is 0 Å².